The second kappa shape index (κ2) is 8.94. The van der Waals surface area contributed by atoms with E-state index < -0.39 is 0 Å². The summed E-state index contributed by atoms with van der Waals surface area (Å²) in [6.45, 7) is 5.60. The zero-order valence-electron chi connectivity index (χ0n) is 16.9. The molecule has 0 bridgehead atoms. The number of amides is 2. The van der Waals surface area contributed by atoms with Crippen LogP contribution in [0.1, 0.15) is 6.92 Å². The van der Waals surface area contributed by atoms with Gasteiger partial charge in [-0.05, 0) is 36.4 Å². The fourth-order valence-corrected chi connectivity index (χ4v) is 3.50. The van der Waals surface area contributed by atoms with E-state index in [0.29, 0.717) is 36.1 Å². The Bertz CT molecular complexity index is 907. The molecule has 30 heavy (non-hydrogen) atoms. The minimum atomic E-state index is -0.254. The molecule has 0 unspecified atom stereocenters. The Hall–Kier alpha value is -3.42. The minimum Gasteiger partial charge on any atom is -0.486 e. The molecule has 0 radical (unpaired) electrons. The number of piperazine rings is 1. The van der Waals surface area contributed by atoms with E-state index in [1.165, 1.54) is 0 Å². The van der Waals surface area contributed by atoms with Gasteiger partial charge >= 0.3 is 0 Å². The lowest BCUT2D eigenvalue weighted by molar-refractivity contribution is -0.129. The minimum absolute atomic E-state index is 0.0922. The standard InChI is InChI=1S/C22H25N3O5/c1-16(26)24-8-10-25(11-9-24)18-3-5-19(6-4-18)30-15-22(27)23-17-2-7-20-21(14-17)29-13-12-28-20/h2-7,14H,8-13,15H2,1H3,(H,23,27). The number of fused-ring (bicyclic) bond motifs is 1. The van der Waals surface area contributed by atoms with Crippen LogP contribution in [0.25, 0.3) is 0 Å². The average molecular weight is 411 g/mol. The molecule has 8 nitrogen and oxygen atoms in total. The lowest BCUT2D eigenvalue weighted by Gasteiger charge is -2.35. The molecule has 2 aromatic carbocycles. The summed E-state index contributed by atoms with van der Waals surface area (Å²) in [5.74, 6) is 1.79. The number of carbonyl (C=O) groups is 2. The van der Waals surface area contributed by atoms with Crippen LogP contribution in [0.3, 0.4) is 0 Å². The lowest BCUT2D eigenvalue weighted by atomic mass is 10.2. The number of benzene rings is 2. The van der Waals surface area contributed by atoms with Crippen molar-refractivity contribution in [2.24, 2.45) is 0 Å². The topological polar surface area (TPSA) is 80.3 Å². The predicted molar refractivity (Wildman–Crippen MR) is 112 cm³/mol. The van der Waals surface area contributed by atoms with Gasteiger partial charge in [0.25, 0.3) is 5.91 Å². The van der Waals surface area contributed by atoms with Crippen LogP contribution in [-0.2, 0) is 9.59 Å². The number of nitrogens with zero attached hydrogens (tertiary/aromatic N) is 2. The van der Waals surface area contributed by atoms with Crippen molar-refractivity contribution < 1.29 is 23.8 Å². The first-order valence-electron chi connectivity index (χ1n) is 10.0. The zero-order valence-corrected chi connectivity index (χ0v) is 16.9. The Morgan fingerprint density at radius 3 is 2.37 bits per heavy atom. The molecule has 4 rings (SSSR count). The summed E-state index contributed by atoms with van der Waals surface area (Å²) in [7, 11) is 0. The van der Waals surface area contributed by atoms with Crippen LogP contribution in [0.4, 0.5) is 11.4 Å². The van der Waals surface area contributed by atoms with Crippen molar-refractivity contribution in [2.45, 2.75) is 6.92 Å². The number of hydrogen-bond acceptors (Lipinski definition) is 6. The molecule has 2 heterocycles. The van der Waals surface area contributed by atoms with Crippen LogP contribution in [-0.4, -0.2) is 62.7 Å². The summed E-state index contributed by atoms with van der Waals surface area (Å²) in [6.07, 6.45) is 0. The van der Waals surface area contributed by atoms with E-state index in [-0.39, 0.29) is 18.4 Å². The second-order valence-electron chi connectivity index (χ2n) is 7.18. The quantitative estimate of drug-likeness (QED) is 0.812. The third kappa shape index (κ3) is 4.76. The van der Waals surface area contributed by atoms with Gasteiger partial charge in [0.2, 0.25) is 5.91 Å². The summed E-state index contributed by atoms with van der Waals surface area (Å²) >= 11 is 0. The molecule has 2 aliphatic heterocycles. The highest BCUT2D eigenvalue weighted by atomic mass is 16.6. The number of hydrogen-bond donors (Lipinski definition) is 1. The number of carbonyl (C=O) groups excluding carboxylic acids is 2. The molecule has 158 valence electrons. The van der Waals surface area contributed by atoms with Crippen LogP contribution in [0, 0.1) is 0 Å². The van der Waals surface area contributed by atoms with Crippen molar-refractivity contribution >= 4 is 23.2 Å². The maximum atomic E-state index is 12.2. The van der Waals surface area contributed by atoms with Crippen LogP contribution < -0.4 is 24.4 Å². The first-order chi connectivity index (χ1) is 14.6. The summed E-state index contributed by atoms with van der Waals surface area (Å²) in [6, 6.07) is 12.9. The van der Waals surface area contributed by atoms with E-state index in [1.807, 2.05) is 29.2 Å². The summed E-state index contributed by atoms with van der Waals surface area (Å²) < 4.78 is 16.6. The molecule has 0 aliphatic carbocycles. The highest BCUT2D eigenvalue weighted by Crippen LogP contribution is 2.32. The van der Waals surface area contributed by atoms with Gasteiger partial charge in [0, 0.05) is 50.5 Å². The summed E-state index contributed by atoms with van der Waals surface area (Å²) in [4.78, 5) is 27.7. The second-order valence-corrected chi connectivity index (χ2v) is 7.18. The Morgan fingerprint density at radius 2 is 1.67 bits per heavy atom. The third-order valence-corrected chi connectivity index (χ3v) is 5.12. The highest BCUT2D eigenvalue weighted by Gasteiger charge is 2.19. The van der Waals surface area contributed by atoms with Crippen molar-refractivity contribution in [3.63, 3.8) is 0 Å². The molecule has 0 atom stereocenters. The fraction of sp³-hybridized carbons (Fsp3) is 0.364. The van der Waals surface area contributed by atoms with Gasteiger partial charge < -0.3 is 29.3 Å². The Balaban J connectivity index is 1.26. The summed E-state index contributed by atoms with van der Waals surface area (Å²) in [5, 5.41) is 2.80. The number of nitrogens with one attached hydrogen (secondary N) is 1. The van der Waals surface area contributed by atoms with Gasteiger partial charge in [0.05, 0.1) is 0 Å². The number of anilines is 2. The smallest absolute Gasteiger partial charge is 0.262 e. The van der Waals surface area contributed by atoms with Crippen LogP contribution >= 0.6 is 0 Å². The first kappa shape index (κ1) is 19.9. The summed E-state index contributed by atoms with van der Waals surface area (Å²) in [5.41, 5.74) is 1.71. The molecule has 8 heteroatoms. The molecule has 2 amide bonds. The van der Waals surface area contributed by atoms with Crippen molar-refractivity contribution in [3.8, 4) is 17.2 Å². The van der Waals surface area contributed by atoms with E-state index in [4.69, 9.17) is 14.2 Å². The Labute approximate surface area is 175 Å². The highest BCUT2D eigenvalue weighted by molar-refractivity contribution is 5.92. The molecular formula is C22H25N3O5. The third-order valence-electron chi connectivity index (χ3n) is 5.12. The first-order valence-corrected chi connectivity index (χ1v) is 10.0. The molecule has 0 spiro atoms. The van der Waals surface area contributed by atoms with Gasteiger partial charge in [0.15, 0.2) is 18.1 Å². The molecular weight excluding hydrogens is 386 g/mol. The molecule has 0 aromatic heterocycles. The molecule has 1 saturated heterocycles. The van der Waals surface area contributed by atoms with Gasteiger partial charge in [0.1, 0.15) is 19.0 Å². The van der Waals surface area contributed by atoms with Gasteiger partial charge in [-0.15, -0.1) is 0 Å². The van der Waals surface area contributed by atoms with Crippen LogP contribution in [0.15, 0.2) is 42.5 Å². The van der Waals surface area contributed by atoms with E-state index in [1.54, 1.807) is 25.1 Å². The van der Waals surface area contributed by atoms with Gasteiger partial charge in [-0.3, -0.25) is 9.59 Å². The van der Waals surface area contributed by atoms with Crippen molar-refractivity contribution in [3.05, 3.63) is 42.5 Å². The van der Waals surface area contributed by atoms with E-state index >= 15 is 0 Å². The molecule has 1 N–H and O–H groups in total. The zero-order chi connectivity index (χ0) is 20.9. The van der Waals surface area contributed by atoms with Gasteiger partial charge in [-0.2, -0.15) is 0 Å². The number of rotatable bonds is 5. The monoisotopic (exact) mass is 411 g/mol. The maximum Gasteiger partial charge on any atom is 0.262 e. The normalized spacial score (nSPS) is 15.5. The largest absolute Gasteiger partial charge is 0.486 e. The van der Waals surface area contributed by atoms with Crippen LogP contribution in [0.5, 0.6) is 17.2 Å². The van der Waals surface area contributed by atoms with Crippen molar-refractivity contribution in [1.29, 1.82) is 0 Å². The van der Waals surface area contributed by atoms with Crippen LogP contribution in [0.2, 0.25) is 0 Å². The van der Waals surface area contributed by atoms with Crippen molar-refractivity contribution in [2.75, 3.05) is 56.2 Å². The maximum absolute atomic E-state index is 12.2. The van der Waals surface area contributed by atoms with Gasteiger partial charge in [-0.1, -0.05) is 0 Å². The molecule has 2 aliphatic rings. The Morgan fingerprint density at radius 1 is 0.967 bits per heavy atom. The number of ether oxygens (including phenoxy) is 3. The SMILES string of the molecule is CC(=O)N1CCN(c2ccc(OCC(=O)Nc3ccc4c(c3)OCCO4)cc2)CC1. The van der Waals surface area contributed by atoms with Crippen molar-refractivity contribution in [1.82, 2.24) is 4.90 Å². The van der Waals surface area contributed by atoms with E-state index in [2.05, 4.69) is 10.2 Å². The Kier molecular flexibility index (Phi) is 5.92. The lowest BCUT2D eigenvalue weighted by Crippen LogP contribution is -2.48. The molecule has 2 aromatic rings. The van der Waals surface area contributed by atoms with E-state index in [0.717, 1.165) is 31.9 Å². The predicted octanol–water partition coefficient (Wildman–Crippen LogP) is 2.14. The average Bonchev–Trinajstić information content (AvgIpc) is 2.78. The molecule has 0 saturated carbocycles. The molecule has 1 fully saturated rings. The van der Waals surface area contributed by atoms with E-state index in [9.17, 15) is 9.59 Å². The fourth-order valence-electron chi connectivity index (χ4n) is 3.50. The van der Waals surface area contributed by atoms with Gasteiger partial charge in [-0.25, -0.2) is 0 Å².